The molecule has 2 saturated carbocycles. The van der Waals surface area contributed by atoms with Crippen LogP contribution in [0.2, 0.25) is 0 Å². The van der Waals surface area contributed by atoms with Gasteiger partial charge in [-0.15, -0.1) is 0 Å². The van der Waals surface area contributed by atoms with Crippen molar-refractivity contribution >= 4 is 34.5 Å². The molecule has 15 atom stereocenters. The quantitative estimate of drug-likeness (QED) is 0.0769. The number of hydrogen-bond acceptors (Lipinski definition) is 15. The number of ether oxygens (including phenoxy) is 6. The lowest BCUT2D eigenvalue weighted by Gasteiger charge is -2.49. The smallest absolute Gasteiger partial charge is 0.332 e. The van der Waals surface area contributed by atoms with E-state index in [1.165, 1.54) is 21.0 Å². The Labute approximate surface area is 348 Å². The molecule has 0 bridgehead atoms. The van der Waals surface area contributed by atoms with E-state index >= 15 is 0 Å². The molecule has 2 aliphatic heterocycles. The number of aliphatic hydroxyl groups is 4. The Morgan fingerprint density at radius 3 is 2.22 bits per heavy atom. The van der Waals surface area contributed by atoms with E-state index in [-0.39, 0.29) is 56.7 Å². The second kappa shape index (κ2) is 22.6. The van der Waals surface area contributed by atoms with Gasteiger partial charge in [0.25, 0.3) is 0 Å². The lowest BCUT2D eigenvalue weighted by atomic mass is 9.75. The van der Waals surface area contributed by atoms with Crippen molar-refractivity contribution in [2.75, 3.05) is 33.4 Å². The van der Waals surface area contributed by atoms with Crippen LogP contribution in [0.1, 0.15) is 92.4 Å². The fraction of sp³-hybridized carbons (Fsp3) is 0.897. The van der Waals surface area contributed by atoms with Gasteiger partial charge in [-0.05, 0) is 51.9 Å². The number of rotatable bonds is 19. The van der Waals surface area contributed by atoms with Crippen LogP contribution in [0.15, 0.2) is 0 Å². The Morgan fingerprint density at radius 1 is 0.932 bits per heavy atom. The van der Waals surface area contributed by atoms with Gasteiger partial charge < -0.3 is 69.9 Å². The van der Waals surface area contributed by atoms with Crippen LogP contribution < -0.4 is 16.0 Å². The molecule has 340 valence electrons. The van der Waals surface area contributed by atoms with Crippen molar-refractivity contribution in [1.29, 1.82) is 0 Å². The summed E-state index contributed by atoms with van der Waals surface area (Å²) in [4.78, 5) is 51.7. The third-order valence-electron chi connectivity index (χ3n) is 11.8. The lowest BCUT2D eigenvalue weighted by molar-refractivity contribution is -0.320. The first-order valence-electron chi connectivity index (χ1n) is 20.8. The normalized spacial score (nSPS) is 36.3. The summed E-state index contributed by atoms with van der Waals surface area (Å²) in [6, 6.07) is -1.32. The second-order valence-electron chi connectivity index (χ2n) is 16.9. The topological polar surface area (TPSA) is 278 Å². The average Bonchev–Trinajstić information content (AvgIpc) is 3.19. The van der Waals surface area contributed by atoms with Crippen LogP contribution in [-0.4, -0.2) is 159 Å². The summed E-state index contributed by atoms with van der Waals surface area (Å²) in [7, 11) is -0.448. The average molecular weight is 866 g/mol. The predicted octanol–water partition coefficient (Wildman–Crippen LogP) is -0.380. The molecule has 0 radical (unpaired) electrons. The monoisotopic (exact) mass is 865 g/mol. The molecule has 0 aromatic carbocycles. The highest BCUT2D eigenvalue weighted by Crippen LogP contribution is 2.40. The number of carbonyl (C=O) groups excluding carboxylic acids is 3. The van der Waals surface area contributed by atoms with Gasteiger partial charge in [-0.1, -0.05) is 45.4 Å². The number of aliphatic carboxylic acids is 1. The summed E-state index contributed by atoms with van der Waals surface area (Å²) in [5, 5.41) is 61.8. The van der Waals surface area contributed by atoms with Gasteiger partial charge in [0.2, 0.25) is 17.7 Å². The third-order valence-corrected chi connectivity index (χ3v) is 13.3. The van der Waals surface area contributed by atoms with Crippen LogP contribution in [0.25, 0.3) is 0 Å². The molecule has 8 N–H and O–H groups in total. The number of methoxy groups -OCH3 is 1. The Kier molecular flexibility index (Phi) is 18.9. The number of carboxylic acids is 1. The van der Waals surface area contributed by atoms with Crippen molar-refractivity contribution < 1.29 is 77.3 Å². The minimum absolute atomic E-state index is 0.0168. The molecular formula is C39H67N3O16S. The van der Waals surface area contributed by atoms with E-state index in [4.69, 9.17) is 28.4 Å². The van der Waals surface area contributed by atoms with Crippen LogP contribution in [0.5, 0.6) is 0 Å². The number of carbonyl (C=O) groups is 4. The standard InChI is InChI=1S/C39H67N3O16S/c1-7-23-16-24(33(47)40-13-14-41-38(51)39(4,5)19-53-6)17-25(31(23)58-37-30(46)35(50)59(52)21(3)54-37)56-36-28(42-20(2)44)32(29(45)27(18-43)57-36)55-26(34(48)49)15-22-11-9-8-10-12-22/h21-32,35-37,43,45-46,50H,7-19H2,1-6H3,(H,40,47)(H,41,51)(H,42,44)(H,48,49). The van der Waals surface area contributed by atoms with Gasteiger partial charge >= 0.3 is 5.97 Å². The van der Waals surface area contributed by atoms with Crippen LogP contribution in [-0.2, 0) is 58.4 Å². The first-order chi connectivity index (χ1) is 27.9. The zero-order valence-corrected chi connectivity index (χ0v) is 35.8. The summed E-state index contributed by atoms with van der Waals surface area (Å²) in [6.07, 6.45) is -6.97. The Bertz CT molecular complexity index is 1420. The van der Waals surface area contributed by atoms with Gasteiger partial charge in [-0.2, -0.15) is 0 Å². The van der Waals surface area contributed by atoms with E-state index in [9.17, 15) is 48.9 Å². The summed E-state index contributed by atoms with van der Waals surface area (Å²) >= 11 is 0. The summed E-state index contributed by atoms with van der Waals surface area (Å²) in [6.45, 7) is 7.74. The molecular weight excluding hydrogens is 799 g/mol. The van der Waals surface area contributed by atoms with E-state index in [0.29, 0.717) is 6.42 Å². The maximum Gasteiger partial charge on any atom is 0.332 e. The molecule has 0 aromatic heterocycles. The SMILES string of the molecule is CCC1CC(C(=O)NCCNC(=O)C(C)(C)COC)CC(OC2OC(CO)C(O)C(OC(CC3CCCCC3)C(=O)O)C2NC(C)=O)C1OC1OC(C)S(=O)C(O)C1O. The maximum absolute atomic E-state index is 13.8. The molecule has 0 spiro atoms. The van der Waals surface area contributed by atoms with E-state index in [1.54, 1.807) is 13.8 Å². The Balaban J connectivity index is 1.62. The highest BCUT2D eigenvalue weighted by Gasteiger charge is 2.53. The molecule has 2 saturated heterocycles. The zero-order valence-electron chi connectivity index (χ0n) is 35.0. The third kappa shape index (κ3) is 13.1. The number of amides is 3. The highest BCUT2D eigenvalue weighted by molar-refractivity contribution is 7.86. The highest BCUT2D eigenvalue weighted by atomic mass is 32.2. The van der Waals surface area contributed by atoms with E-state index in [1.807, 2.05) is 6.92 Å². The van der Waals surface area contributed by atoms with Crippen LogP contribution in [0.4, 0.5) is 0 Å². The minimum atomic E-state index is -1.95. The van der Waals surface area contributed by atoms with Gasteiger partial charge in [-0.3, -0.25) is 18.6 Å². The minimum Gasteiger partial charge on any atom is -0.479 e. The number of hydrogen-bond donors (Lipinski definition) is 8. The van der Waals surface area contributed by atoms with Crippen molar-refractivity contribution in [1.82, 2.24) is 16.0 Å². The second-order valence-corrected chi connectivity index (χ2v) is 18.7. The number of aliphatic hydroxyl groups excluding tert-OH is 4. The van der Waals surface area contributed by atoms with Crippen LogP contribution in [0.3, 0.4) is 0 Å². The number of nitrogens with one attached hydrogen (secondary N) is 3. The zero-order chi connectivity index (χ0) is 43.6. The van der Waals surface area contributed by atoms with Crippen molar-refractivity contribution in [3.05, 3.63) is 0 Å². The van der Waals surface area contributed by atoms with Gasteiger partial charge in [-0.25, -0.2) is 4.79 Å². The van der Waals surface area contributed by atoms with Crippen molar-refractivity contribution in [2.45, 2.75) is 165 Å². The lowest BCUT2D eigenvalue weighted by Crippen LogP contribution is -2.67. The van der Waals surface area contributed by atoms with Gasteiger partial charge in [0.05, 0.1) is 41.6 Å². The van der Waals surface area contributed by atoms with Crippen molar-refractivity contribution in [3.63, 3.8) is 0 Å². The van der Waals surface area contributed by atoms with Crippen LogP contribution >= 0.6 is 0 Å². The Morgan fingerprint density at radius 2 is 1.61 bits per heavy atom. The molecule has 15 unspecified atom stereocenters. The van der Waals surface area contributed by atoms with E-state index in [2.05, 4.69) is 16.0 Å². The molecule has 3 amide bonds. The first kappa shape index (κ1) is 49.3. The fourth-order valence-corrected chi connectivity index (χ4v) is 9.54. The van der Waals surface area contributed by atoms with Crippen molar-refractivity contribution in [3.8, 4) is 0 Å². The van der Waals surface area contributed by atoms with E-state index < -0.39 is 119 Å². The summed E-state index contributed by atoms with van der Waals surface area (Å²) in [5.74, 6) is -3.51. The van der Waals surface area contributed by atoms with Gasteiger partial charge in [0.15, 0.2) is 24.1 Å². The van der Waals surface area contributed by atoms with Crippen LogP contribution in [0, 0.1) is 23.2 Å². The fourth-order valence-electron chi connectivity index (χ4n) is 8.53. The summed E-state index contributed by atoms with van der Waals surface area (Å²) < 4.78 is 48.6. The maximum atomic E-state index is 13.8. The first-order valence-corrected chi connectivity index (χ1v) is 22.1. The molecule has 20 heteroatoms. The molecule has 4 fully saturated rings. The molecule has 2 heterocycles. The molecule has 19 nitrogen and oxygen atoms in total. The van der Waals surface area contributed by atoms with E-state index in [0.717, 1.165) is 32.1 Å². The summed E-state index contributed by atoms with van der Waals surface area (Å²) in [5.41, 5.74) is -3.48. The largest absolute Gasteiger partial charge is 0.479 e. The molecule has 4 aliphatic rings. The predicted molar refractivity (Wildman–Crippen MR) is 209 cm³/mol. The van der Waals surface area contributed by atoms with Gasteiger partial charge in [0.1, 0.15) is 35.9 Å². The Hall–Kier alpha value is -2.37. The molecule has 0 aromatic rings. The number of carboxylic acid groups (broad SMARTS) is 1. The molecule has 4 rings (SSSR count). The van der Waals surface area contributed by atoms with Crippen molar-refractivity contribution in [2.24, 2.45) is 23.2 Å². The molecule has 2 aliphatic carbocycles. The van der Waals surface area contributed by atoms with Gasteiger partial charge in [0, 0.05) is 33.0 Å². The molecule has 59 heavy (non-hydrogen) atoms.